The van der Waals surface area contributed by atoms with Crippen LogP contribution in [-0.2, 0) is 6.54 Å². The average Bonchev–Trinajstić information content (AvgIpc) is 2.62. The fourth-order valence-corrected chi connectivity index (χ4v) is 3.21. The van der Waals surface area contributed by atoms with Gasteiger partial charge in [0.2, 0.25) is 0 Å². The molecule has 2 N–H and O–H groups in total. The SMILES string of the molecule is CCN(CC)Cc1cc(Nc2ccnc3cc(Br)ccc23)ccc1O. The molecule has 3 aromatic rings. The zero-order valence-corrected chi connectivity index (χ0v) is 16.0. The van der Waals surface area contributed by atoms with E-state index >= 15 is 0 Å². The van der Waals surface area contributed by atoms with Crippen molar-refractivity contribution in [1.82, 2.24) is 9.88 Å². The molecule has 3 rings (SSSR count). The van der Waals surface area contributed by atoms with Crippen molar-refractivity contribution >= 4 is 38.2 Å². The highest BCUT2D eigenvalue weighted by molar-refractivity contribution is 9.10. The summed E-state index contributed by atoms with van der Waals surface area (Å²) in [5, 5.41) is 14.7. The van der Waals surface area contributed by atoms with Gasteiger partial charge in [-0.15, -0.1) is 0 Å². The highest BCUT2D eigenvalue weighted by atomic mass is 79.9. The zero-order chi connectivity index (χ0) is 17.8. The molecular formula is C20H22BrN3O. The van der Waals surface area contributed by atoms with E-state index in [2.05, 4.69) is 45.0 Å². The van der Waals surface area contributed by atoms with Gasteiger partial charge < -0.3 is 10.4 Å². The molecule has 5 heteroatoms. The van der Waals surface area contributed by atoms with Gasteiger partial charge >= 0.3 is 0 Å². The molecule has 0 saturated carbocycles. The van der Waals surface area contributed by atoms with Crippen LogP contribution in [0.5, 0.6) is 5.75 Å². The fraction of sp³-hybridized carbons (Fsp3) is 0.250. The lowest BCUT2D eigenvalue weighted by molar-refractivity contribution is 0.291. The number of aromatic nitrogens is 1. The van der Waals surface area contributed by atoms with Crippen molar-refractivity contribution in [3.63, 3.8) is 0 Å². The summed E-state index contributed by atoms with van der Waals surface area (Å²) in [4.78, 5) is 6.70. The first-order valence-corrected chi connectivity index (χ1v) is 9.25. The molecule has 1 heterocycles. The van der Waals surface area contributed by atoms with E-state index in [1.165, 1.54) is 0 Å². The molecule has 130 valence electrons. The lowest BCUT2D eigenvalue weighted by Crippen LogP contribution is -2.22. The molecule has 0 saturated heterocycles. The maximum absolute atomic E-state index is 10.2. The smallest absolute Gasteiger partial charge is 0.120 e. The molecule has 25 heavy (non-hydrogen) atoms. The van der Waals surface area contributed by atoms with Crippen molar-refractivity contribution in [2.24, 2.45) is 0 Å². The number of phenolic OH excluding ortho intramolecular Hbond substituents is 1. The largest absolute Gasteiger partial charge is 0.508 e. The Labute approximate surface area is 156 Å². The third-order valence-electron chi connectivity index (χ3n) is 4.35. The summed E-state index contributed by atoms with van der Waals surface area (Å²) in [6.07, 6.45) is 1.80. The van der Waals surface area contributed by atoms with E-state index in [0.717, 1.165) is 51.9 Å². The second kappa shape index (κ2) is 7.85. The molecular weight excluding hydrogens is 378 g/mol. The number of benzene rings is 2. The van der Waals surface area contributed by atoms with E-state index in [-0.39, 0.29) is 0 Å². The molecule has 0 aliphatic carbocycles. The molecule has 0 unspecified atom stereocenters. The summed E-state index contributed by atoms with van der Waals surface area (Å²) in [6.45, 7) is 6.90. The van der Waals surface area contributed by atoms with Gasteiger partial charge in [0.15, 0.2) is 0 Å². The Morgan fingerprint density at radius 1 is 1.08 bits per heavy atom. The van der Waals surface area contributed by atoms with E-state index in [1.807, 2.05) is 36.4 Å². The van der Waals surface area contributed by atoms with Crippen LogP contribution < -0.4 is 5.32 Å². The van der Waals surface area contributed by atoms with E-state index in [0.29, 0.717) is 5.75 Å². The first kappa shape index (κ1) is 17.7. The molecule has 0 aliphatic heterocycles. The number of nitrogens with one attached hydrogen (secondary N) is 1. The van der Waals surface area contributed by atoms with E-state index in [1.54, 1.807) is 12.3 Å². The maximum Gasteiger partial charge on any atom is 0.120 e. The van der Waals surface area contributed by atoms with Gasteiger partial charge in [-0.05, 0) is 55.6 Å². The quantitative estimate of drug-likeness (QED) is 0.552. The van der Waals surface area contributed by atoms with Crippen LogP contribution in [0.1, 0.15) is 19.4 Å². The third-order valence-corrected chi connectivity index (χ3v) is 4.84. The standard InChI is InChI=1S/C20H22BrN3O/c1-3-24(4-2)13-14-11-16(6-8-20(14)25)23-18-9-10-22-19-12-15(21)5-7-17(18)19/h5-12,25H,3-4,13H2,1-2H3,(H,22,23). The van der Waals surface area contributed by atoms with Gasteiger partial charge in [0.05, 0.1) is 5.52 Å². The molecule has 0 bridgehead atoms. The minimum atomic E-state index is 0.334. The second-order valence-corrected chi connectivity index (χ2v) is 6.87. The van der Waals surface area contributed by atoms with Gasteiger partial charge in [0.25, 0.3) is 0 Å². The van der Waals surface area contributed by atoms with Crippen molar-refractivity contribution in [2.75, 3.05) is 18.4 Å². The monoisotopic (exact) mass is 399 g/mol. The van der Waals surface area contributed by atoms with Crippen molar-refractivity contribution in [3.05, 3.63) is 58.7 Å². The summed E-state index contributed by atoms with van der Waals surface area (Å²) in [5.41, 5.74) is 3.81. The molecule has 0 spiro atoms. The second-order valence-electron chi connectivity index (χ2n) is 5.95. The van der Waals surface area contributed by atoms with Crippen molar-refractivity contribution in [1.29, 1.82) is 0 Å². The minimum Gasteiger partial charge on any atom is -0.508 e. The van der Waals surface area contributed by atoms with Gasteiger partial charge in [-0.3, -0.25) is 9.88 Å². The normalized spacial score (nSPS) is 11.2. The van der Waals surface area contributed by atoms with Crippen LogP contribution in [0.25, 0.3) is 10.9 Å². The molecule has 0 amide bonds. The Morgan fingerprint density at radius 3 is 2.64 bits per heavy atom. The lowest BCUT2D eigenvalue weighted by atomic mass is 10.1. The number of fused-ring (bicyclic) bond motifs is 1. The number of rotatable bonds is 6. The number of hydrogen-bond donors (Lipinski definition) is 2. The Balaban J connectivity index is 1.91. The number of phenols is 1. The van der Waals surface area contributed by atoms with E-state index in [9.17, 15) is 5.11 Å². The number of nitrogens with zero attached hydrogens (tertiary/aromatic N) is 2. The Bertz CT molecular complexity index is 878. The van der Waals surface area contributed by atoms with E-state index < -0.39 is 0 Å². The van der Waals surface area contributed by atoms with Crippen LogP contribution in [-0.4, -0.2) is 28.1 Å². The average molecular weight is 400 g/mol. The van der Waals surface area contributed by atoms with Crippen molar-refractivity contribution < 1.29 is 5.11 Å². The predicted molar refractivity (Wildman–Crippen MR) is 107 cm³/mol. The topological polar surface area (TPSA) is 48.4 Å². The molecule has 1 aromatic heterocycles. The van der Waals surface area contributed by atoms with Gasteiger partial charge in [0, 0.05) is 39.5 Å². The number of pyridine rings is 1. The highest BCUT2D eigenvalue weighted by Crippen LogP contribution is 2.29. The molecule has 2 aromatic carbocycles. The zero-order valence-electron chi connectivity index (χ0n) is 14.5. The first-order chi connectivity index (χ1) is 12.1. The predicted octanol–water partition coefficient (Wildman–Crippen LogP) is 5.29. The number of aromatic hydroxyl groups is 1. The number of hydrogen-bond acceptors (Lipinski definition) is 4. The molecule has 0 fully saturated rings. The summed E-state index contributed by atoms with van der Waals surface area (Å²) in [7, 11) is 0. The number of anilines is 2. The molecule has 0 radical (unpaired) electrons. The van der Waals surface area contributed by atoms with Crippen molar-refractivity contribution in [2.45, 2.75) is 20.4 Å². The van der Waals surface area contributed by atoms with Crippen LogP contribution in [0.3, 0.4) is 0 Å². The third kappa shape index (κ3) is 4.11. The Hall–Kier alpha value is -2.11. The van der Waals surface area contributed by atoms with Crippen LogP contribution in [0, 0.1) is 0 Å². The van der Waals surface area contributed by atoms with Crippen LogP contribution in [0.15, 0.2) is 53.1 Å². The molecule has 0 aliphatic rings. The minimum absolute atomic E-state index is 0.334. The van der Waals surface area contributed by atoms with Gasteiger partial charge in [-0.2, -0.15) is 0 Å². The number of halogens is 1. The summed E-state index contributed by atoms with van der Waals surface area (Å²) < 4.78 is 1.01. The Kier molecular flexibility index (Phi) is 5.56. The summed E-state index contributed by atoms with van der Waals surface area (Å²) in [5.74, 6) is 0.334. The maximum atomic E-state index is 10.2. The van der Waals surface area contributed by atoms with Gasteiger partial charge in [-0.1, -0.05) is 29.8 Å². The molecule has 0 atom stereocenters. The van der Waals surface area contributed by atoms with Crippen LogP contribution in [0.2, 0.25) is 0 Å². The lowest BCUT2D eigenvalue weighted by Gasteiger charge is -2.19. The summed E-state index contributed by atoms with van der Waals surface area (Å²) in [6, 6.07) is 13.7. The van der Waals surface area contributed by atoms with E-state index in [4.69, 9.17) is 0 Å². The highest BCUT2D eigenvalue weighted by Gasteiger charge is 2.09. The fourth-order valence-electron chi connectivity index (χ4n) is 2.86. The summed E-state index contributed by atoms with van der Waals surface area (Å²) >= 11 is 3.48. The van der Waals surface area contributed by atoms with Crippen molar-refractivity contribution in [3.8, 4) is 5.75 Å². The van der Waals surface area contributed by atoms with Gasteiger partial charge in [0.1, 0.15) is 5.75 Å². The first-order valence-electron chi connectivity index (χ1n) is 8.46. The Morgan fingerprint density at radius 2 is 1.88 bits per heavy atom. The van der Waals surface area contributed by atoms with Crippen LogP contribution >= 0.6 is 15.9 Å². The van der Waals surface area contributed by atoms with Crippen LogP contribution in [0.4, 0.5) is 11.4 Å². The molecule has 4 nitrogen and oxygen atoms in total. The van der Waals surface area contributed by atoms with Gasteiger partial charge in [-0.25, -0.2) is 0 Å².